The standard InChI is InChI=1S/C2HCl3O2.Li/c3-2(4,5)1(6)7;/h(H,6,7);/q;+1/p-1. The third kappa shape index (κ3) is 5.08. The van der Waals surface area contributed by atoms with Gasteiger partial charge in [0, 0.05) is 0 Å². The molecule has 0 spiro atoms. The number of alkyl halides is 3. The molecular formula is C2Cl3LiO2. The third-order valence-electron chi connectivity index (χ3n) is 0.231. The molecule has 42 valence electrons. The Morgan fingerprint density at radius 3 is 1.50 bits per heavy atom. The van der Waals surface area contributed by atoms with Crippen LogP contribution in [0.2, 0.25) is 0 Å². The van der Waals surface area contributed by atoms with Crippen LogP contribution in [0.5, 0.6) is 0 Å². The number of carbonyl (C=O) groups excluding carboxylic acids is 1. The summed E-state index contributed by atoms with van der Waals surface area (Å²) in [6.45, 7) is 0. The van der Waals surface area contributed by atoms with E-state index in [-0.39, 0.29) is 18.9 Å². The number of rotatable bonds is 0. The Morgan fingerprint density at radius 1 is 1.38 bits per heavy atom. The number of carboxylic acid groups (broad SMARTS) is 1. The molecule has 0 aliphatic heterocycles. The van der Waals surface area contributed by atoms with Crippen LogP contribution in [0.15, 0.2) is 0 Å². The van der Waals surface area contributed by atoms with Gasteiger partial charge in [0.2, 0.25) is 3.79 Å². The smallest absolute Gasteiger partial charge is 0.545 e. The summed E-state index contributed by atoms with van der Waals surface area (Å²) in [4.78, 5) is 9.51. The van der Waals surface area contributed by atoms with E-state index in [1.807, 2.05) is 0 Å². The molecule has 0 amide bonds. The van der Waals surface area contributed by atoms with Crippen LogP contribution < -0.4 is 24.0 Å². The summed E-state index contributed by atoms with van der Waals surface area (Å²) in [5, 5.41) is 9.51. The normalized spacial score (nSPS) is 9.88. The molecule has 0 aliphatic rings. The number of aliphatic carboxylic acids is 1. The van der Waals surface area contributed by atoms with Gasteiger partial charge in [0.25, 0.3) is 0 Å². The maximum absolute atomic E-state index is 9.51. The largest absolute Gasteiger partial charge is 1.00 e. The summed E-state index contributed by atoms with van der Waals surface area (Å²) < 4.78 is -2.28. The van der Waals surface area contributed by atoms with E-state index >= 15 is 0 Å². The van der Waals surface area contributed by atoms with E-state index < -0.39 is 9.76 Å². The average Bonchev–Trinajstić information content (AvgIpc) is 1.31. The molecule has 0 fully saturated rings. The minimum atomic E-state index is -2.28. The van der Waals surface area contributed by atoms with Crippen molar-refractivity contribution in [1.82, 2.24) is 0 Å². The minimum absolute atomic E-state index is 0. The van der Waals surface area contributed by atoms with Crippen LogP contribution in [0.25, 0.3) is 0 Å². The quantitative estimate of drug-likeness (QED) is 0.288. The molecule has 0 aromatic heterocycles. The number of halogens is 3. The second kappa shape index (κ2) is 3.87. The zero-order valence-corrected chi connectivity index (χ0v) is 6.22. The molecule has 0 saturated heterocycles. The van der Waals surface area contributed by atoms with E-state index in [4.69, 9.17) is 34.8 Å². The summed E-state index contributed by atoms with van der Waals surface area (Å²) in [5.41, 5.74) is 0. The van der Waals surface area contributed by atoms with Crippen LogP contribution in [0.1, 0.15) is 0 Å². The second-order valence-corrected chi connectivity index (χ2v) is 3.07. The molecule has 0 bridgehead atoms. The summed E-state index contributed by atoms with van der Waals surface area (Å²) in [5.74, 6) is -1.71. The SMILES string of the molecule is O=C([O-])C(Cl)(Cl)Cl.[Li+]. The van der Waals surface area contributed by atoms with Crippen molar-refractivity contribution in [2.75, 3.05) is 0 Å². The first-order chi connectivity index (χ1) is 2.94. The van der Waals surface area contributed by atoms with Crippen LogP contribution >= 0.6 is 34.8 Å². The average molecular weight is 169 g/mol. The molecule has 0 aliphatic carbocycles. The molecule has 2 nitrogen and oxygen atoms in total. The topological polar surface area (TPSA) is 40.1 Å². The van der Waals surface area contributed by atoms with Crippen molar-refractivity contribution in [2.45, 2.75) is 3.79 Å². The second-order valence-electron chi connectivity index (χ2n) is 0.785. The molecule has 0 atom stereocenters. The number of hydrogen-bond donors (Lipinski definition) is 0. The predicted molar refractivity (Wildman–Crippen MR) is 25.3 cm³/mol. The van der Waals surface area contributed by atoms with Crippen molar-refractivity contribution in [3.05, 3.63) is 0 Å². The zero-order chi connectivity index (χ0) is 6.08. The molecule has 0 N–H and O–H groups in total. The summed E-state index contributed by atoms with van der Waals surface area (Å²) in [7, 11) is 0. The first-order valence-corrected chi connectivity index (χ1v) is 2.36. The Bertz CT molecular complexity index is 87.8. The molecule has 0 unspecified atom stereocenters. The van der Waals surface area contributed by atoms with Crippen molar-refractivity contribution in [3.63, 3.8) is 0 Å². The fraction of sp³-hybridized carbons (Fsp3) is 0.500. The van der Waals surface area contributed by atoms with E-state index in [0.717, 1.165) is 0 Å². The van der Waals surface area contributed by atoms with Gasteiger partial charge in [-0.05, 0) is 0 Å². The number of hydrogen-bond acceptors (Lipinski definition) is 2. The van der Waals surface area contributed by atoms with Gasteiger partial charge in [0.05, 0.1) is 5.97 Å². The van der Waals surface area contributed by atoms with Gasteiger partial charge < -0.3 is 9.90 Å². The Hall–Kier alpha value is 0.937. The van der Waals surface area contributed by atoms with Crippen molar-refractivity contribution in [1.29, 1.82) is 0 Å². The molecule has 0 aromatic rings. The van der Waals surface area contributed by atoms with E-state index in [9.17, 15) is 9.90 Å². The fourth-order valence-corrected chi connectivity index (χ4v) is 0. The Morgan fingerprint density at radius 2 is 1.50 bits per heavy atom. The van der Waals surface area contributed by atoms with Gasteiger partial charge >= 0.3 is 18.9 Å². The molecule has 0 rings (SSSR count). The van der Waals surface area contributed by atoms with Gasteiger partial charge in [-0.1, -0.05) is 34.8 Å². The van der Waals surface area contributed by atoms with Gasteiger partial charge in [0.15, 0.2) is 0 Å². The predicted octanol–water partition coefficient (Wildman–Crippen LogP) is -2.89. The van der Waals surface area contributed by atoms with Crippen molar-refractivity contribution in [2.24, 2.45) is 0 Å². The molecule has 0 radical (unpaired) electrons. The minimum Gasteiger partial charge on any atom is -0.545 e. The van der Waals surface area contributed by atoms with Crippen LogP contribution in [0.3, 0.4) is 0 Å². The van der Waals surface area contributed by atoms with Crippen LogP contribution in [0, 0.1) is 0 Å². The monoisotopic (exact) mass is 168 g/mol. The summed E-state index contributed by atoms with van der Waals surface area (Å²) >= 11 is 14.2. The molecule has 6 heteroatoms. The number of carbonyl (C=O) groups is 1. The Kier molecular flexibility index (Phi) is 5.66. The molecule has 0 saturated carbocycles. The van der Waals surface area contributed by atoms with Crippen LogP contribution in [-0.2, 0) is 4.79 Å². The number of carboxylic acids is 1. The summed E-state index contributed by atoms with van der Waals surface area (Å²) in [6.07, 6.45) is 0. The van der Waals surface area contributed by atoms with Crippen molar-refractivity contribution >= 4 is 40.8 Å². The molecule has 8 heavy (non-hydrogen) atoms. The van der Waals surface area contributed by atoms with Crippen LogP contribution in [0.4, 0.5) is 0 Å². The first kappa shape index (κ1) is 11.7. The van der Waals surface area contributed by atoms with Crippen molar-refractivity contribution in [3.8, 4) is 0 Å². The van der Waals surface area contributed by atoms with Gasteiger partial charge in [-0.25, -0.2) is 0 Å². The maximum atomic E-state index is 9.51. The third-order valence-corrected chi connectivity index (χ3v) is 0.694. The van der Waals surface area contributed by atoms with E-state index in [2.05, 4.69) is 0 Å². The van der Waals surface area contributed by atoms with Gasteiger partial charge in [-0.15, -0.1) is 0 Å². The molecule has 0 aromatic carbocycles. The van der Waals surface area contributed by atoms with E-state index in [0.29, 0.717) is 0 Å². The van der Waals surface area contributed by atoms with E-state index in [1.165, 1.54) is 0 Å². The summed E-state index contributed by atoms with van der Waals surface area (Å²) in [6, 6.07) is 0. The maximum Gasteiger partial charge on any atom is 1.00 e. The Balaban J connectivity index is 0. The van der Waals surface area contributed by atoms with Gasteiger partial charge in [0.1, 0.15) is 0 Å². The van der Waals surface area contributed by atoms with Crippen LogP contribution in [-0.4, -0.2) is 9.76 Å². The van der Waals surface area contributed by atoms with Crippen molar-refractivity contribution < 1.29 is 28.8 Å². The van der Waals surface area contributed by atoms with Gasteiger partial charge in [-0.2, -0.15) is 0 Å². The fourth-order valence-electron chi connectivity index (χ4n) is 0. The zero-order valence-electron chi connectivity index (χ0n) is 3.95. The molecular weight excluding hydrogens is 169 g/mol. The Labute approximate surface area is 73.3 Å². The van der Waals surface area contributed by atoms with Gasteiger partial charge in [-0.3, -0.25) is 0 Å². The first-order valence-electron chi connectivity index (χ1n) is 1.23. The van der Waals surface area contributed by atoms with E-state index in [1.54, 1.807) is 0 Å². The molecule has 0 heterocycles.